The summed E-state index contributed by atoms with van der Waals surface area (Å²) in [5.74, 6) is -3.03. The van der Waals surface area contributed by atoms with Gasteiger partial charge in [-0.2, -0.15) is 0 Å². The van der Waals surface area contributed by atoms with Gasteiger partial charge in [0.1, 0.15) is 6.04 Å². The van der Waals surface area contributed by atoms with Gasteiger partial charge in [-0.15, -0.1) is 0 Å². The first-order chi connectivity index (χ1) is 9.34. The van der Waals surface area contributed by atoms with Crippen LogP contribution in [0.2, 0.25) is 0 Å². The number of carbonyl (C=O) groups excluding carboxylic acids is 2. The summed E-state index contributed by atoms with van der Waals surface area (Å²) in [5.41, 5.74) is 20.6. The number of aliphatic imine (C=N–C) groups is 1. The average molecular weight is 288 g/mol. The number of nitrogens with two attached hydrogens (primary N) is 4. The molecule has 0 aliphatic carbocycles. The van der Waals surface area contributed by atoms with Gasteiger partial charge in [0.05, 0.1) is 13.1 Å². The summed E-state index contributed by atoms with van der Waals surface area (Å²) in [6.07, 6.45) is 0.282. The van der Waals surface area contributed by atoms with Gasteiger partial charge in [0.15, 0.2) is 5.96 Å². The Labute approximate surface area is 115 Å². The van der Waals surface area contributed by atoms with Crippen LogP contribution in [0.4, 0.5) is 0 Å². The van der Waals surface area contributed by atoms with Crippen LogP contribution < -0.4 is 22.9 Å². The van der Waals surface area contributed by atoms with Crippen LogP contribution in [0.5, 0.6) is 0 Å². The van der Waals surface area contributed by atoms with Crippen LogP contribution in [-0.2, 0) is 14.4 Å². The Morgan fingerprint density at radius 1 is 1.10 bits per heavy atom. The van der Waals surface area contributed by atoms with Gasteiger partial charge in [-0.25, -0.2) is 4.79 Å². The van der Waals surface area contributed by atoms with Crippen molar-refractivity contribution in [3.05, 3.63) is 0 Å². The minimum absolute atomic E-state index is 0.00356. The van der Waals surface area contributed by atoms with E-state index in [4.69, 9.17) is 28.0 Å². The summed E-state index contributed by atoms with van der Waals surface area (Å²) in [6, 6.07) is -1.34. The minimum Gasteiger partial charge on any atom is -0.480 e. The molecule has 0 rings (SSSR count). The summed E-state index contributed by atoms with van der Waals surface area (Å²) in [4.78, 5) is 38.7. The molecule has 10 nitrogen and oxygen atoms in total. The summed E-state index contributed by atoms with van der Waals surface area (Å²) in [6.45, 7) is -0.777. The van der Waals surface area contributed by atoms with Crippen molar-refractivity contribution in [3.8, 4) is 0 Å². The predicted molar refractivity (Wildman–Crippen MR) is 71.3 cm³/mol. The minimum atomic E-state index is -1.34. The lowest BCUT2D eigenvalue weighted by atomic mass is 10.1. The molecule has 0 aromatic heterocycles. The van der Waals surface area contributed by atoms with Gasteiger partial charge in [0, 0.05) is 6.54 Å². The highest BCUT2D eigenvalue weighted by molar-refractivity contribution is 6.00. The number of guanidine groups is 1. The maximum atomic E-state index is 11.6. The van der Waals surface area contributed by atoms with Crippen LogP contribution in [-0.4, -0.2) is 59.4 Å². The summed E-state index contributed by atoms with van der Waals surface area (Å²) in [5, 5.41) is 9.13. The van der Waals surface area contributed by atoms with E-state index in [1.807, 2.05) is 0 Å². The van der Waals surface area contributed by atoms with E-state index < -0.39 is 36.9 Å². The molecule has 0 aliphatic heterocycles. The molecule has 10 heteroatoms. The SMILES string of the molecule is NCC(=O)N(C(=O)CN)[C@@H](CCCN=C(N)N)C(=O)O. The zero-order chi connectivity index (χ0) is 15.7. The third kappa shape index (κ3) is 5.63. The van der Waals surface area contributed by atoms with E-state index in [1.54, 1.807) is 0 Å². The fraction of sp³-hybridized carbons (Fsp3) is 0.600. The molecule has 0 spiro atoms. The van der Waals surface area contributed by atoms with Crippen molar-refractivity contribution in [1.82, 2.24) is 4.90 Å². The van der Waals surface area contributed by atoms with Gasteiger partial charge in [0.2, 0.25) is 11.8 Å². The highest BCUT2D eigenvalue weighted by Gasteiger charge is 2.32. The first-order valence-corrected chi connectivity index (χ1v) is 5.88. The molecule has 0 aromatic rings. The Hall–Kier alpha value is -2.20. The second-order valence-corrected chi connectivity index (χ2v) is 3.87. The van der Waals surface area contributed by atoms with Gasteiger partial charge >= 0.3 is 5.97 Å². The van der Waals surface area contributed by atoms with Crippen molar-refractivity contribution in [2.75, 3.05) is 19.6 Å². The molecule has 1 atom stereocenters. The summed E-state index contributed by atoms with van der Waals surface area (Å²) < 4.78 is 0. The molecule has 0 saturated carbocycles. The van der Waals surface area contributed by atoms with E-state index >= 15 is 0 Å². The van der Waals surface area contributed by atoms with Crippen LogP contribution >= 0.6 is 0 Å². The molecule has 2 amide bonds. The van der Waals surface area contributed by atoms with Gasteiger partial charge in [-0.05, 0) is 12.8 Å². The van der Waals surface area contributed by atoms with Crippen molar-refractivity contribution in [1.29, 1.82) is 0 Å². The molecule has 0 bridgehead atoms. The van der Waals surface area contributed by atoms with Crippen molar-refractivity contribution in [2.24, 2.45) is 27.9 Å². The molecule has 0 fully saturated rings. The largest absolute Gasteiger partial charge is 0.480 e. The summed E-state index contributed by atoms with van der Waals surface area (Å²) in [7, 11) is 0. The first kappa shape index (κ1) is 17.8. The zero-order valence-corrected chi connectivity index (χ0v) is 11.0. The monoisotopic (exact) mass is 288 g/mol. The number of hydrogen-bond donors (Lipinski definition) is 5. The third-order valence-electron chi connectivity index (χ3n) is 2.41. The molecule has 9 N–H and O–H groups in total. The highest BCUT2D eigenvalue weighted by Crippen LogP contribution is 2.09. The molecule has 0 saturated heterocycles. The molecule has 0 aromatic carbocycles. The normalized spacial score (nSPS) is 11.5. The second-order valence-electron chi connectivity index (χ2n) is 3.87. The number of amides is 2. The fourth-order valence-electron chi connectivity index (χ4n) is 1.54. The number of rotatable bonds is 8. The van der Waals surface area contributed by atoms with Gasteiger partial charge in [0.25, 0.3) is 0 Å². The van der Waals surface area contributed by atoms with Crippen molar-refractivity contribution < 1.29 is 19.5 Å². The number of imide groups is 1. The lowest BCUT2D eigenvalue weighted by Gasteiger charge is -2.26. The standard InChI is InChI=1S/C10H20N6O4/c11-4-7(17)16(8(18)5-12)6(9(19)20)2-1-3-15-10(13)14/h6H,1-5,11-12H2,(H,19,20)(H4,13,14,15)/t6-/m0/s1. The molecule has 114 valence electrons. The molecular weight excluding hydrogens is 268 g/mol. The van der Waals surface area contributed by atoms with Crippen LogP contribution in [0, 0.1) is 0 Å². The zero-order valence-electron chi connectivity index (χ0n) is 11.0. The predicted octanol–water partition coefficient (Wildman–Crippen LogP) is -3.23. The van der Waals surface area contributed by atoms with E-state index in [0.717, 1.165) is 0 Å². The van der Waals surface area contributed by atoms with E-state index in [-0.39, 0.29) is 25.3 Å². The lowest BCUT2D eigenvalue weighted by Crippen LogP contribution is -2.52. The van der Waals surface area contributed by atoms with E-state index in [1.165, 1.54) is 0 Å². The first-order valence-electron chi connectivity index (χ1n) is 5.88. The van der Waals surface area contributed by atoms with Gasteiger partial charge < -0.3 is 28.0 Å². The quantitative estimate of drug-likeness (QED) is 0.175. The van der Waals surface area contributed by atoms with Gasteiger partial charge in [-0.1, -0.05) is 0 Å². The Morgan fingerprint density at radius 3 is 1.95 bits per heavy atom. The Morgan fingerprint density at radius 2 is 1.60 bits per heavy atom. The molecule has 0 heterocycles. The van der Waals surface area contributed by atoms with Crippen LogP contribution in [0.3, 0.4) is 0 Å². The summed E-state index contributed by atoms with van der Waals surface area (Å²) >= 11 is 0. The fourth-order valence-corrected chi connectivity index (χ4v) is 1.54. The maximum Gasteiger partial charge on any atom is 0.326 e. The number of carboxylic acids is 1. The van der Waals surface area contributed by atoms with Crippen LogP contribution in [0.1, 0.15) is 12.8 Å². The highest BCUT2D eigenvalue weighted by atomic mass is 16.4. The van der Waals surface area contributed by atoms with Gasteiger partial charge in [-0.3, -0.25) is 19.5 Å². The van der Waals surface area contributed by atoms with Crippen LogP contribution in [0.15, 0.2) is 4.99 Å². The second kappa shape index (κ2) is 8.82. The van der Waals surface area contributed by atoms with E-state index in [2.05, 4.69) is 4.99 Å². The van der Waals surface area contributed by atoms with Crippen molar-refractivity contribution in [2.45, 2.75) is 18.9 Å². The van der Waals surface area contributed by atoms with E-state index in [9.17, 15) is 14.4 Å². The topological polar surface area (TPSA) is 191 Å². The Bertz CT molecular complexity index is 377. The molecule has 0 aliphatic rings. The number of aliphatic carboxylic acids is 1. The van der Waals surface area contributed by atoms with E-state index in [0.29, 0.717) is 4.90 Å². The molecular formula is C10H20N6O4. The Kier molecular flexibility index (Phi) is 7.85. The number of carboxylic acid groups (broad SMARTS) is 1. The number of hydrogen-bond acceptors (Lipinski definition) is 6. The smallest absolute Gasteiger partial charge is 0.326 e. The lowest BCUT2D eigenvalue weighted by molar-refractivity contribution is -0.157. The maximum absolute atomic E-state index is 11.6. The third-order valence-corrected chi connectivity index (χ3v) is 2.41. The molecule has 0 unspecified atom stereocenters. The Balaban J connectivity index is 4.91. The average Bonchev–Trinajstić information content (AvgIpc) is 2.40. The molecule has 0 radical (unpaired) electrons. The van der Waals surface area contributed by atoms with Crippen molar-refractivity contribution >= 4 is 23.7 Å². The number of nitrogens with zero attached hydrogens (tertiary/aromatic N) is 2. The van der Waals surface area contributed by atoms with Crippen molar-refractivity contribution in [3.63, 3.8) is 0 Å². The number of carbonyl (C=O) groups is 3. The van der Waals surface area contributed by atoms with Crippen LogP contribution in [0.25, 0.3) is 0 Å². The molecule has 20 heavy (non-hydrogen) atoms.